The van der Waals surface area contributed by atoms with Crippen molar-refractivity contribution in [2.45, 2.75) is 46.0 Å². The number of aryl methyl sites for hydroxylation is 1. The number of hydrogen-bond acceptors (Lipinski definition) is 1. The molecule has 0 aliphatic heterocycles. The Morgan fingerprint density at radius 3 is 2.53 bits per heavy atom. The van der Waals surface area contributed by atoms with Gasteiger partial charge in [0, 0.05) is 5.02 Å². The monoisotopic (exact) mass is 253 g/mol. The van der Waals surface area contributed by atoms with Crippen LogP contribution in [0.25, 0.3) is 0 Å². The SMILES string of the molecule is CCCNCCC(C)(C)c1ccc(C)c(Cl)c1. The normalized spacial score (nSPS) is 11.8. The van der Waals surface area contributed by atoms with Crippen molar-refractivity contribution >= 4 is 11.6 Å². The van der Waals surface area contributed by atoms with Gasteiger partial charge in [0.05, 0.1) is 0 Å². The first-order valence-corrected chi connectivity index (χ1v) is 6.82. The van der Waals surface area contributed by atoms with Gasteiger partial charge in [0.1, 0.15) is 0 Å². The Morgan fingerprint density at radius 1 is 1.24 bits per heavy atom. The number of benzene rings is 1. The van der Waals surface area contributed by atoms with E-state index in [9.17, 15) is 0 Å². The van der Waals surface area contributed by atoms with E-state index in [0.29, 0.717) is 0 Å². The summed E-state index contributed by atoms with van der Waals surface area (Å²) in [6, 6.07) is 6.41. The molecule has 0 fully saturated rings. The summed E-state index contributed by atoms with van der Waals surface area (Å²) in [6.07, 6.45) is 2.32. The van der Waals surface area contributed by atoms with Crippen molar-refractivity contribution in [1.82, 2.24) is 5.32 Å². The van der Waals surface area contributed by atoms with Gasteiger partial charge < -0.3 is 5.32 Å². The molecule has 0 atom stereocenters. The van der Waals surface area contributed by atoms with E-state index in [4.69, 9.17) is 11.6 Å². The van der Waals surface area contributed by atoms with Crippen molar-refractivity contribution in [2.24, 2.45) is 0 Å². The molecule has 0 saturated heterocycles. The van der Waals surface area contributed by atoms with Crippen LogP contribution in [0, 0.1) is 6.92 Å². The van der Waals surface area contributed by atoms with Crippen LogP contribution in [0.3, 0.4) is 0 Å². The number of halogens is 1. The molecule has 0 saturated carbocycles. The Kier molecular flexibility index (Phi) is 5.48. The second kappa shape index (κ2) is 6.42. The minimum atomic E-state index is 0.179. The fourth-order valence-corrected chi connectivity index (χ4v) is 2.04. The summed E-state index contributed by atoms with van der Waals surface area (Å²) in [7, 11) is 0. The van der Waals surface area contributed by atoms with E-state index >= 15 is 0 Å². The summed E-state index contributed by atoms with van der Waals surface area (Å²) >= 11 is 6.19. The van der Waals surface area contributed by atoms with Crippen molar-refractivity contribution < 1.29 is 0 Å². The third kappa shape index (κ3) is 4.33. The first-order valence-electron chi connectivity index (χ1n) is 6.44. The lowest BCUT2D eigenvalue weighted by molar-refractivity contribution is 0.457. The van der Waals surface area contributed by atoms with Gasteiger partial charge in [-0.1, -0.05) is 44.5 Å². The number of nitrogens with one attached hydrogen (secondary N) is 1. The standard InChI is InChI=1S/C15H24ClN/c1-5-9-17-10-8-15(3,4)13-7-6-12(2)14(16)11-13/h6-7,11,17H,5,8-10H2,1-4H3. The summed E-state index contributed by atoms with van der Waals surface area (Å²) in [6.45, 7) is 11.0. The van der Waals surface area contributed by atoms with Crippen LogP contribution in [0.1, 0.15) is 44.7 Å². The lowest BCUT2D eigenvalue weighted by Gasteiger charge is -2.26. The van der Waals surface area contributed by atoms with Gasteiger partial charge in [0.25, 0.3) is 0 Å². The minimum Gasteiger partial charge on any atom is -0.317 e. The van der Waals surface area contributed by atoms with E-state index in [1.807, 2.05) is 6.92 Å². The summed E-state index contributed by atoms with van der Waals surface area (Å²) in [4.78, 5) is 0. The van der Waals surface area contributed by atoms with Gasteiger partial charge >= 0.3 is 0 Å². The molecule has 0 aliphatic rings. The zero-order valence-corrected chi connectivity index (χ0v) is 12.2. The molecule has 0 amide bonds. The van der Waals surface area contributed by atoms with E-state index in [1.165, 1.54) is 12.0 Å². The summed E-state index contributed by atoms with van der Waals surface area (Å²) < 4.78 is 0. The quantitative estimate of drug-likeness (QED) is 0.745. The van der Waals surface area contributed by atoms with Gasteiger partial charge in [0.15, 0.2) is 0 Å². The Labute approximate surface area is 111 Å². The molecule has 0 bridgehead atoms. The van der Waals surface area contributed by atoms with Crippen LogP contribution in [-0.4, -0.2) is 13.1 Å². The maximum absolute atomic E-state index is 6.19. The van der Waals surface area contributed by atoms with Gasteiger partial charge in [-0.3, -0.25) is 0 Å². The van der Waals surface area contributed by atoms with Gasteiger partial charge in [-0.25, -0.2) is 0 Å². The van der Waals surface area contributed by atoms with E-state index in [-0.39, 0.29) is 5.41 Å². The molecule has 2 heteroatoms. The molecular weight excluding hydrogens is 230 g/mol. The second-order valence-corrected chi connectivity index (χ2v) is 5.76. The molecule has 96 valence electrons. The smallest absolute Gasteiger partial charge is 0.0438 e. The Hall–Kier alpha value is -0.530. The molecule has 0 radical (unpaired) electrons. The molecular formula is C15H24ClN. The average Bonchev–Trinajstić information content (AvgIpc) is 2.28. The predicted molar refractivity (Wildman–Crippen MR) is 77.0 cm³/mol. The molecule has 1 nitrogen and oxygen atoms in total. The van der Waals surface area contributed by atoms with Crippen molar-refractivity contribution in [2.75, 3.05) is 13.1 Å². The van der Waals surface area contributed by atoms with Gasteiger partial charge in [-0.15, -0.1) is 0 Å². The molecule has 1 aromatic rings. The number of rotatable bonds is 6. The van der Waals surface area contributed by atoms with E-state index in [0.717, 1.165) is 30.1 Å². The molecule has 1 rings (SSSR count). The maximum atomic E-state index is 6.19. The molecule has 17 heavy (non-hydrogen) atoms. The van der Waals surface area contributed by atoms with Gasteiger partial charge in [-0.05, 0) is 55.5 Å². The highest BCUT2D eigenvalue weighted by atomic mass is 35.5. The lowest BCUT2D eigenvalue weighted by Crippen LogP contribution is -2.26. The van der Waals surface area contributed by atoms with Crippen molar-refractivity contribution in [3.05, 3.63) is 34.3 Å². The maximum Gasteiger partial charge on any atom is 0.0438 e. The highest BCUT2D eigenvalue weighted by Gasteiger charge is 2.20. The Bertz CT molecular complexity index is 358. The molecule has 1 N–H and O–H groups in total. The van der Waals surface area contributed by atoms with Crippen LogP contribution in [0.15, 0.2) is 18.2 Å². The first-order chi connectivity index (χ1) is 7.97. The highest BCUT2D eigenvalue weighted by molar-refractivity contribution is 6.31. The summed E-state index contributed by atoms with van der Waals surface area (Å²) in [5.41, 5.74) is 2.65. The van der Waals surface area contributed by atoms with E-state index in [2.05, 4.69) is 44.3 Å². The molecule has 1 aromatic carbocycles. The lowest BCUT2D eigenvalue weighted by atomic mass is 9.81. The van der Waals surface area contributed by atoms with Crippen LogP contribution in [-0.2, 0) is 5.41 Å². The topological polar surface area (TPSA) is 12.0 Å². The van der Waals surface area contributed by atoms with Crippen molar-refractivity contribution in [1.29, 1.82) is 0 Å². The molecule has 0 unspecified atom stereocenters. The van der Waals surface area contributed by atoms with Crippen LogP contribution in [0.4, 0.5) is 0 Å². The Morgan fingerprint density at radius 2 is 1.94 bits per heavy atom. The van der Waals surface area contributed by atoms with Crippen LogP contribution in [0.2, 0.25) is 5.02 Å². The average molecular weight is 254 g/mol. The highest BCUT2D eigenvalue weighted by Crippen LogP contribution is 2.29. The molecule has 0 aliphatic carbocycles. The largest absolute Gasteiger partial charge is 0.317 e. The third-order valence-electron chi connectivity index (χ3n) is 3.31. The molecule has 0 heterocycles. The zero-order valence-electron chi connectivity index (χ0n) is 11.4. The van der Waals surface area contributed by atoms with E-state index in [1.54, 1.807) is 0 Å². The molecule has 0 spiro atoms. The van der Waals surface area contributed by atoms with Gasteiger partial charge in [-0.2, -0.15) is 0 Å². The second-order valence-electron chi connectivity index (χ2n) is 5.35. The fourth-order valence-electron chi connectivity index (χ4n) is 1.86. The number of hydrogen-bond donors (Lipinski definition) is 1. The first kappa shape index (κ1) is 14.5. The Balaban J connectivity index is 2.64. The third-order valence-corrected chi connectivity index (χ3v) is 3.71. The van der Waals surface area contributed by atoms with Crippen LogP contribution < -0.4 is 5.32 Å². The fraction of sp³-hybridized carbons (Fsp3) is 0.600. The van der Waals surface area contributed by atoms with Gasteiger partial charge in [0.2, 0.25) is 0 Å². The molecule has 0 aromatic heterocycles. The minimum absolute atomic E-state index is 0.179. The van der Waals surface area contributed by atoms with Crippen molar-refractivity contribution in [3.8, 4) is 0 Å². The predicted octanol–water partition coefficient (Wildman–Crippen LogP) is 4.32. The van der Waals surface area contributed by atoms with Crippen LogP contribution in [0.5, 0.6) is 0 Å². The van der Waals surface area contributed by atoms with E-state index < -0.39 is 0 Å². The van der Waals surface area contributed by atoms with Crippen molar-refractivity contribution in [3.63, 3.8) is 0 Å². The zero-order chi connectivity index (χ0) is 12.9. The van der Waals surface area contributed by atoms with Crippen LogP contribution >= 0.6 is 11.6 Å². The summed E-state index contributed by atoms with van der Waals surface area (Å²) in [5, 5.41) is 4.33. The summed E-state index contributed by atoms with van der Waals surface area (Å²) in [5.74, 6) is 0.